The van der Waals surface area contributed by atoms with Gasteiger partial charge in [0.25, 0.3) is 5.91 Å². The quantitative estimate of drug-likeness (QED) is 0.715. The van der Waals surface area contributed by atoms with Gasteiger partial charge in [-0.1, -0.05) is 19.9 Å². The van der Waals surface area contributed by atoms with Gasteiger partial charge in [0.15, 0.2) is 0 Å². The fourth-order valence-corrected chi connectivity index (χ4v) is 2.57. The van der Waals surface area contributed by atoms with Crippen LogP contribution >= 0.6 is 11.6 Å². The smallest absolute Gasteiger partial charge is 0.254 e. The zero-order chi connectivity index (χ0) is 15.1. The highest BCUT2D eigenvalue weighted by Crippen LogP contribution is 2.21. The second-order valence-electron chi connectivity index (χ2n) is 4.84. The van der Waals surface area contributed by atoms with Gasteiger partial charge in [0, 0.05) is 24.0 Å². The number of rotatable bonds is 7. The lowest BCUT2D eigenvalue weighted by atomic mass is 10.1. The molecule has 1 aromatic carbocycles. The number of benzene rings is 1. The normalized spacial score (nSPS) is 10.7. The van der Waals surface area contributed by atoms with E-state index in [0.717, 1.165) is 24.2 Å². The van der Waals surface area contributed by atoms with Crippen molar-refractivity contribution < 1.29 is 9.53 Å². The first-order chi connectivity index (χ1) is 9.58. The molecule has 0 N–H and O–H groups in total. The highest BCUT2D eigenvalue weighted by Gasteiger charge is 2.22. The number of methoxy groups -OCH3 is 1. The van der Waals surface area contributed by atoms with Crippen LogP contribution in [0.15, 0.2) is 18.2 Å². The molecule has 0 aliphatic rings. The van der Waals surface area contributed by atoms with E-state index < -0.39 is 0 Å². The third-order valence-corrected chi connectivity index (χ3v) is 3.79. The Hall–Kier alpha value is -1.22. The largest absolute Gasteiger partial charge is 0.496 e. The van der Waals surface area contributed by atoms with E-state index in [9.17, 15) is 4.79 Å². The number of hydrogen-bond acceptors (Lipinski definition) is 2. The van der Waals surface area contributed by atoms with E-state index >= 15 is 0 Å². The number of aryl methyl sites for hydroxylation is 1. The van der Waals surface area contributed by atoms with Gasteiger partial charge in [-0.2, -0.15) is 0 Å². The molecule has 1 aromatic rings. The fraction of sp³-hybridized carbons (Fsp3) is 0.562. The first kappa shape index (κ1) is 16.8. The fourth-order valence-electron chi connectivity index (χ4n) is 2.39. The molecule has 0 saturated carbocycles. The Kier molecular flexibility index (Phi) is 6.86. The first-order valence-electron chi connectivity index (χ1n) is 7.10. The van der Waals surface area contributed by atoms with Gasteiger partial charge >= 0.3 is 0 Å². The zero-order valence-corrected chi connectivity index (χ0v) is 13.5. The van der Waals surface area contributed by atoms with Gasteiger partial charge in [-0.25, -0.2) is 0 Å². The molecule has 0 spiro atoms. The lowest BCUT2D eigenvalue weighted by Crippen LogP contribution is -2.41. The van der Waals surface area contributed by atoms with Crippen molar-refractivity contribution in [2.45, 2.75) is 39.7 Å². The summed E-state index contributed by atoms with van der Waals surface area (Å²) in [6.07, 6.45) is 1.87. The van der Waals surface area contributed by atoms with Crippen molar-refractivity contribution in [1.82, 2.24) is 4.90 Å². The first-order valence-corrected chi connectivity index (χ1v) is 7.64. The molecule has 0 aliphatic carbocycles. The van der Waals surface area contributed by atoms with E-state index in [1.54, 1.807) is 13.2 Å². The molecule has 3 nitrogen and oxygen atoms in total. The van der Waals surface area contributed by atoms with Crippen LogP contribution in [0.5, 0.6) is 5.75 Å². The Balaban J connectivity index is 3.05. The standard InChI is InChI=1S/C16H24ClNO2/c1-5-14(6-2)18(10-9-17)16(19)13-8-7-12(3)15(11-13)20-4/h7-8,11,14H,5-6,9-10H2,1-4H3. The number of carbonyl (C=O) groups is 1. The van der Waals surface area contributed by atoms with Crippen LogP contribution in [-0.2, 0) is 0 Å². The highest BCUT2D eigenvalue weighted by molar-refractivity contribution is 6.18. The van der Waals surface area contributed by atoms with Crippen LogP contribution < -0.4 is 4.74 Å². The number of halogens is 1. The summed E-state index contributed by atoms with van der Waals surface area (Å²) in [5.74, 6) is 1.22. The summed E-state index contributed by atoms with van der Waals surface area (Å²) in [4.78, 5) is 14.6. The molecule has 0 atom stereocenters. The molecule has 112 valence electrons. The number of ether oxygens (including phenoxy) is 1. The van der Waals surface area contributed by atoms with E-state index in [-0.39, 0.29) is 11.9 Å². The van der Waals surface area contributed by atoms with Crippen LogP contribution in [0.3, 0.4) is 0 Å². The Morgan fingerprint density at radius 1 is 1.35 bits per heavy atom. The Morgan fingerprint density at radius 2 is 2.00 bits per heavy atom. The Bertz CT molecular complexity index is 444. The van der Waals surface area contributed by atoms with Crippen molar-refractivity contribution in [3.05, 3.63) is 29.3 Å². The maximum Gasteiger partial charge on any atom is 0.254 e. The maximum absolute atomic E-state index is 12.7. The van der Waals surface area contributed by atoms with Crippen LogP contribution in [-0.4, -0.2) is 36.4 Å². The van der Waals surface area contributed by atoms with Crippen molar-refractivity contribution in [2.75, 3.05) is 19.5 Å². The lowest BCUT2D eigenvalue weighted by Gasteiger charge is -2.30. The summed E-state index contributed by atoms with van der Waals surface area (Å²) in [5, 5.41) is 0. The second-order valence-corrected chi connectivity index (χ2v) is 5.22. The van der Waals surface area contributed by atoms with Crippen molar-refractivity contribution in [2.24, 2.45) is 0 Å². The summed E-state index contributed by atoms with van der Waals surface area (Å²) in [6.45, 7) is 6.73. The monoisotopic (exact) mass is 297 g/mol. The number of amides is 1. The van der Waals surface area contributed by atoms with Crippen LogP contribution in [0.4, 0.5) is 0 Å². The summed E-state index contributed by atoms with van der Waals surface area (Å²) < 4.78 is 5.29. The summed E-state index contributed by atoms with van der Waals surface area (Å²) in [7, 11) is 1.62. The Morgan fingerprint density at radius 3 is 2.50 bits per heavy atom. The molecular formula is C16H24ClNO2. The molecule has 0 saturated heterocycles. The molecule has 20 heavy (non-hydrogen) atoms. The predicted molar refractivity (Wildman–Crippen MR) is 83.9 cm³/mol. The van der Waals surface area contributed by atoms with E-state index in [4.69, 9.17) is 16.3 Å². The molecule has 0 aliphatic heterocycles. The molecule has 0 fully saturated rings. The molecule has 0 unspecified atom stereocenters. The highest BCUT2D eigenvalue weighted by atomic mass is 35.5. The van der Waals surface area contributed by atoms with Gasteiger partial charge in [0.2, 0.25) is 0 Å². The van der Waals surface area contributed by atoms with Gasteiger partial charge in [-0.05, 0) is 37.5 Å². The zero-order valence-electron chi connectivity index (χ0n) is 12.8. The second kappa shape index (κ2) is 8.15. The Labute approximate surface area is 126 Å². The number of alkyl halides is 1. The third kappa shape index (κ3) is 3.89. The van der Waals surface area contributed by atoms with Gasteiger partial charge in [-0.3, -0.25) is 4.79 Å². The van der Waals surface area contributed by atoms with Crippen molar-refractivity contribution in [3.8, 4) is 5.75 Å². The molecule has 1 rings (SSSR count). The molecule has 1 amide bonds. The molecular weight excluding hydrogens is 274 g/mol. The number of carbonyl (C=O) groups excluding carboxylic acids is 1. The minimum Gasteiger partial charge on any atom is -0.496 e. The van der Waals surface area contributed by atoms with Crippen molar-refractivity contribution in [1.29, 1.82) is 0 Å². The van der Waals surface area contributed by atoms with Crippen LogP contribution in [0.25, 0.3) is 0 Å². The van der Waals surface area contributed by atoms with Crippen LogP contribution in [0.2, 0.25) is 0 Å². The molecule has 0 bridgehead atoms. The van der Waals surface area contributed by atoms with E-state index in [1.807, 2.05) is 24.0 Å². The average Bonchev–Trinajstić information content (AvgIpc) is 2.47. The van der Waals surface area contributed by atoms with Crippen molar-refractivity contribution in [3.63, 3.8) is 0 Å². The van der Waals surface area contributed by atoms with E-state index in [2.05, 4.69) is 13.8 Å². The molecule has 4 heteroatoms. The summed E-state index contributed by atoms with van der Waals surface area (Å²) in [6, 6.07) is 5.80. The SMILES string of the molecule is CCC(CC)N(CCCl)C(=O)c1ccc(C)c(OC)c1. The van der Waals surface area contributed by atoms with Crippen molar-refractivity contribution >= 4 is 17.5 Å². The van der Waals surface area contributed by atoms with Gasteiger partial charge in [0.05, 0.1) is 7.11 Å². The van der Waals surface area contributed by atoms with E-state index in [1.165, 1.54) is 0 Å². The van der Waals surface area contributed by atoms with E-state index in [0.29, 0.717) is 18.0 Å². The number of nitrogens with zero attached hydrogens (tertiary/aromatic N) is 1. The third-order valence-electron chi connectivity index (χ3n) is 3.62. The topological polar surface area (TPSA) is 29.5 Å². The predicted octanol–water partition coefficient (Wildman–Crippen LogP) is 3.87. The van der Waals surface area contributed by atoms with Gasteiger partial charge < -0.3 is 9.64 Å². The molecule has 0 heterocycles. The molecule has 0 radical (unpaired) electrons. The minimum absolute atomic E-state index is 0.0256. The van der Waals surface area contributed by atoms with Crippen LogP contribution in [0.1, 0.15) is 42.6 Å². The summed E-state index contributed by atoms with van der Waals surface area (Å²) >= 11 is 5.85. The summed E-state index contributed by atoms with van der Waals surface area (Å²) in [5.41, 5.74) is 1.68. The number of hydrogen-bond donors (Lipinski definition) is 0. The lowest BCUT2D eigenvalue weighted by molar-refractivity contribution is 0.0681. The van der Waals surface area contributed by atoms with Crippen LogP contribution in [0, 0.1) is 6.92 Å². The average molecular weight is 298 g/mol. The van der Waals surface area contributed by atoms with Gasteiger partial charge in [-0.15, -0.1) is 11.6 Å². The molecule has 0 aromatic heterocycles. The maximum atomic E-state index is 12.7. The van der Waals surface area contributed by atoms with Gasteiger partial charge in [0.1, 0.15) is 5.75 Å². The minimum atomic E-state index is 0.0256.